The van der Waals surface area contributed by atoms with Crippen LogP contribution in [0.2, 0.25) is 10.0 Å². The first-order valence-electron chi connectivity index (χ1n) is 8.36. The molecule has 0 unspecified atom stereocenters. The summed E-state index contributed by atoms with van der Waals surface area (Å²) in [5.41, 5.74) is 0.979. The number of hydrogen-bond donors (Lipinski definition) is 0. The topological polar surface area (TPSA) is 49.9 Å². The van der Waals surface area contributed by atoms with Crippen molar-refractivity contribution in [3.05, 3.63) is 52.5 Å². The number of sulfonamides is 1. The molecule has 0 aromatic heterocycles. The smallest absolute Gasteiger partial charge is 0.244 e. The highest BCUT2D eigenvalue weighted by Crippen LogP contribution is 2.33. The van der Waals surface area contributed by atoms with Gasteiger partial charge < -0.3 is 9.64 Å². The van der Waals surface area contributed by atoms with Gasteiger partial charge in [-0.2, -0.15) is 4.31 Å². The predicted octanol–water partition coefficient (Wildman–Crippen LogP) is 3.90. The maximum Gasteiger partial charge on any atom is 0.244 e. The monoisotopic (exact) mass is 414 g/mol. The molecule has 1 fully saturated rings. The zero-order chi connectivity index (χ0) is 18.7. The molecular weight excluding hydrogens is 395 g/mol. The average molecular weight is 415 g/mol. The number of rotatable bonds is 5. The lowest BCUT2D eigenvalue weighted by Gasteiger charge is -2.36. The van der Waals surface area contributed by atoms with E-state index in [1.165, 1.54) is 10.4 Å². The summed E-state index contributed by atoms with van der Waals surface area (Å²) in [6.45, 7) is 4.40. The second kappa shape index (κ2) is 8.05. The van der Waals surface area contributed by atoms with Gasteiger partial charge in [0.1, 0.15) is 10.6 Å². The van der Waals surface area contributed by atoms with Crippen molar-refractivity contribution in [1.82, 2.24) is 4.31 Å². The Morgan fingerprint density at radius 2 is 1.69 bits per heavy atom. The fourth-order valence-corrected chi connectivity index (χ4v) is 5.15. The Morgan fingerprint density at radius 1 is 1.00 bits per heavy atom. The van der Waals surface area contributed by atoms with Crippen molar-refractivity contribution in [2.24, 2.45) is 0 Å². The van der Waals surface area contributed by atoms with E-state index in [0.29, 0.717) is 32.8 Å². The lowest BCUT2D eigenvalue weighted by molar-refractivity contribution is 0.337. The van der Waals surface area contributed by atoms with E-state index < -0.39 is 10.0 Å². The van der Waals surface area contributed by atoms with Gasteiger partial charge in [0.2, 0.25) is 10.0 Å². The Hall–Kier alpha value is -1.47. The molecule has 8 heteroatoms. The molecule has 140 valence electrons. The molecule has 0 N–H and O–H groups in total. The Morgan fingerprint density at radius 3 is 2.38 bits per heavy atom. The van der Waals surface area contributed by atoms with Crippen LogP contribution >= 0.6 is 23.2 Å². The second-order valence-corrected chi connectivity index (χ2v) is 8.54. The van der Waals surface area contributed by atoms with Gasteiger partial charge in [-0.3, -0.25) is 0 Å². The number of piperazine rings is 1. The van der Waals surface area contributed by atoms with Gasteiger partial charge in [0.25, 0.3) is 0 Å². The Balaban J connectivity index is 1.77. The number of para-hydroxylation sites is 2. The number of ether oxygens (including phenoxy) is 1. The van der Waals surface area contributed by atoms with Crippen LogP contribution in [-0.2, 0) is 10.0 Å². The highest BCUT2D eigenvalue weighted by Gasteiger charge is 2.31. The minimum Gasteiger partial charge on any atom is -0.492 e. The summed E-state index contributed by atoms with van der Waals surface area (Å²) in [5.74, 6) is 0.809. The Kier molecular flexibility index (Phi) is 5.97. The minimum atomic E-state index is -3.68. The molecule has 2 aromatic carbocycles. The molecule has 1 saturated heterocycles. The normalized spacial score (nSPS) is 15.9. The van der Waals surface area contributed by atoms with Crippen LogP contribution in [0.1, 0.15) is 6.92 Å². The molecule has 1 heterocycles. The summed E-state index contributed by atoms with van der Waals surface area (Å²) < 4.78 is 33.0. The largest absolute Gasteiger partial charge is 0.492 e. The minimum absolute atomic E-state index is 0.0508. The second-order valence-electron chi connectivity index (χ2n) is 5.84. The fraction of sp³-hybridized carbons (Fsp3) is 0.333. The van der Waals surface area contributed by atoms with Crippen LogP contribution in [0, 0.1) is 0 Å². The summed E-state index contributed by atoms with van der Waals surface area (Å²) in [4.78, 5) is 2.19. The first-order valence-corrected chi connectivity index (χ1v) is 10.6. The SMILES string of the molecule is CCOc1ccccc1N1CCN(S(=O)(=O)c2cccc(Cl)c2Cl)CC1. The van der Waals surface area contributed by atoms with Crippen molar-refractivity contribution in [3.8, 4) is 5.75 Å². The molecule has 0 atom stereocenters. The fourth-order valence-electron chi connectivity index (χ4n) is 2.99. The molecular formula is C18H20Cl2N2O3S. The van der Waals surface area contributed by atoms with Gasteiger partial charge >= 0.3 is 0 Å². The van der Waals surface area contributed by atoms with Crippen LogP contribution < -0.4 is 9.64 Å². The third-order valence-electron chi connectivity index (χ3n) is 4.28. The predicted molar refractivity (Wildman–Crippen MR) is 105 cm³/mol. The molecule has 5 nitrogen and oxygen atoms in total. The molecule has 0 aliphatic carbocycles. The molecule has 0 radical (unpaired) electrons. The third-order valence-corrected chi connectivity index (χ3v) is 7.15. The summed E-state index contributed by atoms with van der Waals surface area (Å²) >= 11 is 12.1. The molecule has 1 aliphatic heterocycles. The number of halogens is 2. The van der Waals surface area contributed by atoms with Crippen molar-refractivity contribution in [3.63, 3.8) is 0 Å². The number of hydrogen-bond acceptors (Lipinski definition) is 4. The highest BCUT2D eigenvalue weighted by molar-refractivity contribution is 7.89. The number of benzene rings is 2. The van der Waals surface area contributed by atoms with E-state index in [-0.39, 0.29) is 14.9 Å². The van der Waals surface area contributed by atoms with Crippen LogP contribution in [0.15, 0.2) is 47.4 Å². The summed E-state index contributed by atoms with van der Waals surface area (Å²) in [6, 6.07) is 12.4. The highest BCUT2D eigenvalue weighted by atomic mass is 35.5. The van der Waals surface area contributed by atoms with Crippen LogP contribution in [0.4, 0.5) is 5.69 Å². The number of anilines is 1. The van der Waals surface area contributed by atoms with Crippen molar-refractivity contribution in [2.45, 2.75) is 11.8 Å². The average Bonchev–Trinajstić information content (AvgIpc) is 2.65. The van der Waals surface area contributed by atoms with Crippen molar-refractivity contribution in [1.29, 1.82) is 0 Å². The van der Waals surface area contributed by atoms with Gasteiger partial charge in [0.15, 0.2) is 0 Å². The summed E-state index contributed by atoms with van der Waals surface area (Å²) in [7, 11) is -3.68. The van der Waals surface area contributed by atoms with E-state index in [2.05, 4.69) is 4.90 Å². The van der Waals surface area contributed by atoms with E-state index in [1.54, 1.807) is 12.1 Å². The molecule has 0 amide bonds. The van der Waals surface area contributed by atoms with Crippen molar-refractivity contribution < 1.29 is 13.2 Å². The van der Waals surface area contributed by atoms with Gasteiger partial charge in [-0.05, 0) is 31.2 Å². The van der Waals surface area contributed by atoms with Gasteiger partial charge in [0, 0.05) is 26.2 Å². The quantitative estimate of drug-likeness (QED) is 0.743. The maximum absolute atomic E-state index is 12.9. The molecule has 2 aromatic rings. The van der Waals surface area contributed by atoms with E-state index >= 15 is 0 Å². The molecule has 1 aliphatic rings. The standard InChI is InChI=1S/C18H20Cl2N2O3S/c1-2-25-16-8-4-3-7-15(16)21-10-12-22(13-11-21)26(23,24)17-9-5-6-14(19)18(17)20/h3-9H,2,10-13H2,1H3. The third kappa shape index (κ3) is 3.78. The van der Waals surface area contributed by atoms with Crippen LogP contribution in [-0.4, -0.2) is 45.5 Å². The molecule has 0 bridgehead atoms. The summed E-state index contributed by atoms with van der Waals surface area (Å²) in [5, 5.41) is 0.301. The van der Waals surface area contributed by atoms with Gasteiger partial charge in [-0.1, -0.05) is 41.4 Å². The molecule has 26 heavy (non-hydrogen) atoms. The van der Waals surface area contributed by atoms with Crippen molar-refractivity contribution >= 4 is 38.9 Å². The molecule has 0 saturated carbocycles. The Bertz CT molecular complexity index is 882. The van der Waals surface area contributed by atoms with Crippen molar-refractivity contribution in [2.75, 3.05) is 37.7 Å². The Labute approximate surface area is 164 Å². The van der Waals surface area contributed by atoms with Gasteiger partial charge in [0.05, 0.1) is 22.3 Å². The zero-order valence-electron chi connectivity index (χ0n) is 14.4. The zero-order valence-corrected chi connectivity index (χ0v) is 16.7. The van der Waals surface area contributed by atoms with E-state index in [1.807, 2.05) is 31.2 Å². The molecule has 0 spiro atoms. The van der Waals surface area contributed by atoms with Crippen LogP contribution in [0.25, 0.3) is 0 Å². The van der Waals surface area contributed by atoms with Gasteiger partial charge in [-0.25, -0.2) is 8.42 Å². The lowest BCUT2D eigenvalue weighted by atomic mass is 10.2. The van der Waals surface area contributed by atoms with Crippen LogP contribution in [0.5, 0.6) is 5.75 Å². The number of nitrogens with zero attached hydrogens (tertiary/aromatic N) is 2. The first kappa shape index (κ1) is 19.3. The van der Waals surface area contributed by atoms with Crippen LogP contribution in [0.3, 0.4) is 0 Å². The summed E-state index contributed by atoms with van der Waals surface area (Å²) in [6.07, 6.45) is 0. The van der Waals surface area contributed by atoms with E-state index in [9.17, 15) is 8.42 Å². The maximum atomic E-state index is 12.9. The molecule has 3 rings (SSSR count). The first-order chi connectivity index (χ1) is 12.4. The van der Waals surface area contributed by atoms with E-state index in [4.69, 9.17) is 27.9 Å². The van der Waals surface area contributed by atoms with E-state index in [0.717, 1.165) is 11.4 Å². The van der Waals surface area contributed by atoms with Gasteiger partial charge in [-0.15, -0.1) is 0 Å². The lowest BCUT2D eigenvalue weighted by Crippen LogP contribution is -2.48.